The molecular formula is C14H20N4O2. The molecule has 0 saturated heterocycles. The zero-order chi connectivity index (χ0) is 14.5. The van der Waals surface area contributed by atoms with Crippen LogP contribution in [0.5, 0.6) is 11.5 Å². The molecule has 6 nitrogen and oxygen atoms in total. The zero-order valence-corrected chi connectivity index (χ0v) is 12.0. The highest BCUT2D eigenvalue weighted by Crippen LogP contribution is 2.30. The normalized spacial score (nSPS) is 12.2. The molecule has 0 saturated carbocycles. The molecule has 1 unspecified atom stereocenters. The van der Waals surface area contributed by atoms with Gasteiger partial charge in [-0.1, -0.05) is 6.07 Å². The van der Waals surface area contributed by atoms with Crippen LogP contribution >= 0.6 is 0 Å². The quantitative estimate of drug-likeness (QED) is 0.866. The van der Waals surface area contributed by atoms with Gasteiger partial charge in [-0.15, -0.1) is 0 Å². The summed E-state index contributed by atoms with van der Waals surface area (Å²) in [5.41, 5.74) is 7.23. The van der Waals surface area contributed by atoms with Gasteiger partial charge in [-0.25, -0.2) is 4.98 Å². The SMILES string of the molecule is CCn1ncnc1CC(N)c1ccc(OC)c(OC)c1. The minimum atomic E-state index is -0.163. The van der Waals surface area contributed by atoms with Crippen LogP contribution in [-0.2, 0) is 13.0 Å². The molecule has 2 rings (SSSR count). The summed E-state index contributed by atoms with van der Waals surface area (Å²) >= 11 is 0. The summed E-state index contributed by atoms with van der Waals surface area (Å²) in [4.78, 5) is 4.24. The Bertz CT molecular complexity index is 568. The highest BCUT2D eigenvalue weighted by atomic mass is 16.5. The maximum Gasteiger partial charge on any atom is 0.161 e. The van der Waals surface area contributed by atoms with Crippen LogP contribution in [0.15, 0.2) is 24.5 Å². The van der Waals surface area contributed by atoms with E-state index >= 15 is 0 Å². The minimum Gasteiger partial charge on any atom is -0.493 e. The lowest BCUT2D eigenvalue weighted by Crippen LogP contribution is -2.17. The van der Waals surface area contributed by atoms with E-state index < -0.39 is 0 Å². The molecular weight excluding hydrogens is 256 g/mol. The van der Waals surface area contributed by atoms with Crippen LogP contribution in [0.1, 0.15) is 24.4 Å². The third kappa shape index (κ3) is 2.91. The second-order valence-corrected chi connectivity index (χ2v) is 4.42. The van der Waals surface area contributed by atoms with Gasteiger partial charge in [0.05, 0.1) is 14.2 Å². The van der Waals surface area contributed by atoms with Crippen molar-refractivity contribution >= 4 is 0 Å². The summed E-state index contributed by atoms with van der Waals surface area (Å²) in [7, 11) is 3.22. The summed E-state index contributed by atoms with van der Waals surface area (Å²) in [5, 5.41) is 4.15. The van der Waals surface area contributed by atoms with Gasteiger partial charge in [0.2, 0.25) is 0 Å². The fourth-order valence-corrected chi connectivity index (χ4v) is 2.11. The van der Waals surface area contributed by atoms with E-state index in [0.29, 0.717) is 17.9 Å². The van der Waals surface area contributed by atoms with Crippen LogP contribution in [-0.4, -0.2) is 29.0 Å². The second kappa shape index (κ2) is 6.38. The number of benzene rings is 1. The highest BCUT2D eigenvalue weighted by Gasteiger charge is 2.14. The number of ether oxygens (including phenoxy) is 2. The molecule has 1 aromatic heterocycles. The van der Waals surface area contributed by atoms with Gasteiger partial charge in [0.1, 0.15) is 12.2 Å². The van der Waals surface area contributed by atoms with Gasteiger partial charge in [0.25, 0.3) is 0 Å². The van der Waals surface area contributed by atoms with Gasteiger partial charge in [-0.3, -0.25) is 4.68 Å². The Hall–Kier alpha value is -2.08. The van der Waals surface area contributed by atoms with Gasteiger partial charge in [-0.05, 0) is 24.6 Å². The average Bonchev–Trinajstić information content (AvgIpc) is 2.93. The molecule has 0 spiro atoms. The van der Waals surface area contributed by atoms with Gasteiger partial charge in [0, 0.05) is 19.0 Å². The lowest BCUT2D eigenvalue weighted by atomic mass is 10.0. The lowest BCUT2D eigenvalue weighted by molar-refractivity contribution is 0.354. The number of rotatable bonds is 6. The molecule has 1 atom stereocenters. The Morgan fingerprint density at radius 3 is 2.65 bits per heavy atom. The maximum absolute atomic E-state index is 6.25. The van der Waals surface area contributed by atoms with Crippen molar-refractivity contribution in [3.05, 3.63) is 35.9 Å². The van der Waals surface area contributed by atoms with E-state index in [0.717, 1.165) is 17.9 Å². The molecule has 0 aliphatic carbocycles. The molecule has 108 valence electrons. The molecule has 1 aromatic carbocycles. The molecule has 2 aromatic rings. The van der Waals surface area contributed by atoms with E-state index in [2.05, 4.69) is 10.1 Å². The molecule has 2 N–H and O–H groups in total. The van der Waals surface area contributed by atoms with E-state index in [1.165, 1.54) is 0 Å². The van der Waals surface area contributed by atoms with Crippen molar-refractivity contribution in [3.8, 4) is 11.5 Å². The van der Waals surface area contributed by atoms with E-state index in [1.807, 2.05) is 29.8 Å². The first kappa shape index (κ1) is 14.3. The largest absolute Gasteiger partial charge is 0.493 e. The standard InChI is InChI=1S/C14H20N4O2/c1-4-18-14(16-9-17-18)8-11(15)10-5-6-12(19-2)13(7-10)20-3/h5-7,9,11H,4,8,15H2,1-3H3. The van der Waals surface area contributed by atoms with Crippen LogP contribution in [0, 0.1) is 0 Å². The lowest BCUT2D eigenvalue weighted by Gasteiger charge is -2.15. The molecule has 6 heteroatoms. The zero-order valence-electron chi connectivity index (χ0n) is 12.0. The number of aryl methyl sites for hydroxylation is 1. The molecule has 1 heterocycles. The smallest absolute Gasteiger partial charge is 0.161 e. The number of nitrogens with two attached hydrogens (primary N) is 1. The third-order valence-corrected chi connectivity index (χ3v) is 3.23. The summed E-state index contributed by atoms with van der Waals surface area (Å²) < 4.78 is 12.4. The fraction of sp³-hybridized carbons (Fsp3) is 0.429. The predicted molar refractivity (Wildman–Crippen MR) is 75.9 cm³/mol. The van der Waals surface area contributed by atoms with Gasteiger partial charge >= 0.3 is 0 Å². The second-order valence-electron chi connectivity index (χ2n) is 4.42. The van der Waals surface area contributed by atoms with Crippen molar-refractivity contribution in [2.45, 2.75) is 25.9 Å². The summed E-state index contributed by atoms with van der Waals surface area (Å²) in [6.45, 7) is 2.81. The minimum absolute atomic E-state index is 0.163. The van der Waals surface area contributed by atoms with Crippen LogP contribution < -0.4 is 15.2 Å². The first-order chi connectivity index (χ1) is 9.69. The van der Waals surface area contributed by atoms with Crippen molar-refractivity contribution in [1.29, 1.82) is 0 Å². The Morgan fingerprint density at radius 1 is 1.25 bits per heavy atom. The molecule has 0 aliphatic heterocycles. The Labute approximate surface area is 118 Å². The van der Waals surface area contributed by atoms with E-state index in [4.69, 9.17) is 15.2 Å². The Morgan fingerprint density at radius 2 is 2.00 bits per heavy atom. The molecule has 20 heavy (non-hydrogen) atoms. The molecule has 0 fully saturated rings. The maximum atomic E-state index is 6.25. The number of methoxy groups -OCH3 is 2. The third-order valence-electron chi connectivity index (χ3n) is 3.23. The monoisotopic (exact) mass is 276 g/mol. The first-order valence-corrected chi connectivity index (χ1v) is 6.53. The van der Waals surface area contributed by atoms with Gasteiger partial charge < -0.3 is 15.2 Å². The summed E-state index contributed by atoms with van der Waals surface area (Å²) in [6.07, 6.45) is 2.18. The van der Waals surface area contributed by atoms with Crippen molar-refractivity contribution in [2.75, 3.05) is 14.2 Å². The fourth-order valence-electron chi connectivity index (χ4n) is 2.11. The molecule has 0 radical (unpaired) electrons. The van der Waals surface area contributed by atoms with E-state index in [1.54, 1.807) is 20.5 Å². The Kier molecular flexibility index (Phi) is 4.57. The topological polar surface area (TPSA) is 75.2 Å². The number of hydrogen-bond donors (Lipinski definition) is 1. The molecule has 0 amide bonds. The van der Waals surface area contributed by atoms with Crippen LogP contribution in [0.2, 0.25) is 0 Å². The van der Waals surface area contributed by atoms with E-state index in [9.17, 15) is 0 Å². The van der Waals surface area contributed by atoms with Crippen LogP contribution in [0.25, 0.3) is 0 Å². The van der Waals surface area contributed by atoms with Gasteiger partial charge in [-0.2, -0.15) is 5.10 Å². The Balaban J connectivity index is 2.19. The first-order valence-electron chi connectivity index (χ1n) is 6.53. The number of nitrogens with zero attached hydrogens (tertiary/aromatic N) is 3. The van der Waals surface area contributed by atoms with Crippen molar-refractivity contribution in [3.63, 3.8) is 0 Å². The average molecular weight is 276 g/mol. The number of hydrogen-bond acceptors (Lipinski definition) is 5. The number of aromatic nitrogens is 3. The summed E-state index contributed by atoms with van der Waals surface area (Å²) in [6, 6.07) is 5.54. The highest BCUT2D eigenvalue weighted by molar-refractivity contribution is 5.43. The predicted octanol–water partition coefficient (Wildman–Crippen LogP) is 1.56. The van der Waals surface area contributed by atoms with Gasteiger partial charge in [0.15, 0.2) is 11.5 Å². The van der Waals surface area contributed by atoms with Crippen molar-refractivity contribution in [1.82, 2.24) is 14.8 Å². The molecule has 0 bridgehead atoms. The molecule has 0 aliphatic rings. The van der Waals surface area contributed by atoms with Crippen LogP contribution in [0.3, 0.4) is 0 Å². The van der Waals surface area contributed by atoms with Crippen molar-refractivity contribution < 1.29 is 9.47 Å². The van der Waals surface area contributed by atoms with E-state index in [-0.39, 0.29) is 6.04 Å². The summed E-state index contributed by atoms with van der Waals surface area (Å²) in [5.74, 6) is 2.26. The van der Waals surface area contributed by atoms with Crippen molar-refractivity contribution in [2.24, 2.45) is 5.73 Å². The van der Waals surface area contributed by atoms with Crippen LogP contribution in [0.4, 0.5) is 0 Å².